The smallest absolute Gasteiger partial charge is 0.223 e. The van der Waals surface area contributed by atoms with Crippen LogP contribution in [0.5, 0.6) is 0 Å². The summed E-state index contributed by atoms with van der Waals surface area (Å²) in [7, 11) is 0. The maximum atomic E-state index is 13.3. The zero-order valence-electron chi connectivity index (χ0n) is 15.0. The molecular weight excluding hydrogens is 331 g/mol. The molecule has 26 heavy (non-hydrogen) atoms. The van der Waals surface area contributed by atoms with Gasteiger partial charge in [0, 0.05) is 25.9 Å². The van der Waals surface area contributed by atoms with Crippen molar-refractivity contribution in [1.29, 1.82) is 0 Å². The van der Waals surface area contributed by atoms with Crippen molar-refractivity contribution in [2.24, 2.45) is 0 Å². The van der Waals surface area contributed by atoms with E-state index in [1.54, 1.807) is 6.07 Å². The number of amides is 1. The lowest BCUT2D eigenvalue weighted by molar-refractivity contribution is -0.132. The normalized spacial score (nSPS) is 20.0. The van der Waals surface area contributed by atoms with Crippen LogP contribution in [0.4, 0.5) is 4.39 Å². The second-order valence-corrected chi connectivity index (χ2v) is 7.31. The van der Waals surface area contributed by atoms with Gasteiger partial charge in [-0.05, 0) is 49.8 Å². The predicted molar refractivity (Wildman–Crippen MR) is 96.0 cm³/mol. The molecule has 2 aliphatic rings. The van der Waals surface area contributed by atoms with E-state index < -0.39 is 0 Å². The Hall–Kier alpha value is -2.24. The summed E-state index contributed by atoms with van der Waals surface area (Å²) >= 11 is 0. The molecule has 0 spiro atoms. The van der Waals surface area contributed by atoms with Crippen molar-refractivity contribution in [2.75, 3.05) is 6.54 Å². The molecule has 0 radical (unpaired) electrons. The Morgan fingerprint density at radius 2 is 2.08 bits per heavy atom. The van der Waals surface area contributed by atoms with E-state index in [1.807, 2.05) is 11.0 Å². The number of rotatable bonds is 4. The molecule has 2 aliphatic heterocycles. The summed E-state index contributed by atoms with van der Waals surface area (Å²) in [6.45, 7) is 1.73. The Labute approximate surface area is 153 Å². The summed E-state index contributed by atoms with van der Waals surface area (Å²) < 4.78 is 15.6. The molecule has 2 aromatic rings. The highest BCUT2D eigenvalue weighted by molar-refractivity contribution is 5.77. The van der Waals surface area contributed by atoms with Crippen LogP contribution in [0.1, 0.15) is 61.8 Å². The van der Waals surface area contributed by atoms with Crippen LogP contribution in [0.2, 0.25) is 0 Å². The number of hydrogen-bond donors (Lipinski definition) is 0. The van der Waals surface area contributed by atoms with E-state index in [1.165, 1.54) is 25.0 Å². The van der Waals surface area contributed by atoms with Crippen molar-refractivity contribution in [1.82, 2.24) is 19.7 Å². The van der Waals surface area contributed by atoms with Crippen molar-refractivity contribution < 1.29 is 9.18 Å². The number of carbonyl (C=O) groups is 1. The van der Waals surface area contributed by atoms with Gasteiger partial charge in [-0.15, -0.1) is 10.2 Å². The van der Waals surface area contributed by atoms with Gasteiger partial charge in [-0.3, -0.25) is 4.79 Å². The van der Waals surface area contributed by atoms with Crippen molar-refractivity contribution in [3.8, 4) is 0 Å². The van der Waals surface area contributed by atoms with Crippen molar-refractivity contribution in [3.05, 3.63) is 47.3 Å². The summed E-state index contributed by atoms with van der Waals surface area (Å²) in [5.74, 6) is 1.90. The summed E-state index contributed by atoms with van der Waals surface area (Å²) in [5, 5.41) is 8.85. The van der Waals surface area contributed by atoms with Crippen LogP contribution in [0.15, 0.2) is 24.3 Å². The Morgan fingerprint density at radius 3 is 2.96 bits per heavy atom. The van der Waals surface area contributed by atoms with Crippen LogP contribution in [0, 0.1) is 5.82 Å². The van der Waals surface area contributed by atoms with Gasteiger partial charge in [-0.2, -0.15) is 0 Å². The molecule has 0 N–H and O–H groups in total. The average Bonchev–Trinajstić information content (AvgIpc) is 3.21. The van der Waals surface area contributed by atoms with Crippen molar-refractivity contribution in [3.63, 3.8) is 0 Å². The van der Waals surface area contributed by atoms with Crippen LogP contribution in [-0.4, -0.2) is 32.1 Å². The second kappa shape index (κ2) is 7.56. The van der Waals surface area contributed by atoms with Gasteiger partial charge in [-0.25, -0.2) is 4.39 Å². The van der Waals surface area contributed by atoms with Crippen LogP contribution >= 0.6 is 0 Å². The van der Waals surface area contributed by atoms with Gasteiger partial charge < -0.3 is 9.47 Å². The van der Waals surface area contributed by atoms with Crippen molar-refractivity contribution >= 4 is 5.91 Å². The molecule has 1 aromatic heterocycles. The largest absolute Gasteiger partial charge is 0.332 e. The van der Waals surface area contributed by atoms with Gasteiger partial charge in [0.15, 0.2) is 5.82 Å². The number of halogens is 1. The summed E-state index contributed by atoms with van der Waals surface area (Å²) in [5.41, 5.74) is 0.866. The van der Waals surface area contributed by atoms with Gasteiger partial charge in [0.1, 0.15) is 11.6 Å². The molecule has 0 bridgehead atoms. The topological polar surface area (TPSA) is 51.0 Å². The SMILES string of the molecule is O=C(CCc1cccc(F)c1)N1CCC[C@@H]1c1nnc2n1CCCCC2. The maximum absolute atomic E-state index is 13.3. The minimum absolute atomic E-state index is 0.0364. The van der Waals surface area contributed by atoms with Crippen LogP contribution < -0.4 is 0 Å². The minimum atomic E-state index is -0.250. The van der Waals surface area contributed by atoms with E-state index in [4.69, 9.17) is 0 Å². The Bertz CT molecular complexity index is 788. The highest BCUT2D eigenvalue weighted by Crippen LogP contribution is 2.33. The lowest BCUT2D eigenvalue weighted by atomic mass is 10.1. The van der Waals surface area contributed by atoms with Crippen LogP contribution in [-0.2, 0) is 24.2 Å². The summed E-state index contributed by atoms with van der Waals surface area (Å²) in [6.07, 6.45) is 7.44. The molecule has 1 aromatic carbocycles. The third-order valence-corrected chi connectivity index (χ3v) is 5.53. The first-order valence-corrected chi connectivity index (χ1v) is 9.68. The number of hydrogen-bond acceptors (Lipinski definition) is 3. The van der Waals surface area contributed by atoms with Gasteiger partial charge in [0.05, 0.1) is 6.04 Å². The van der Waals surface area contributed by atoms with Crippen molar-refractivity contribution in [2.45, 2.75) is 64.0 Å². The van der Waals surface area contributed by atoms with Crippen LogP contribution in [0.25, 0.3) is 0 Å². The number of aryl methyl sites for hydroxylation is 2. The molecule has 1 atom stereocenters. The molecular formula is C20H25FN4O. The van der Waals surface area contributed by atoms with Gasteiger partial charge in [-0.1, -0.05) is 18.6 Å². The van der Waals surface area contributed by atoms with E-state index in [2.05, 4.69) is 14.8 Å². The number of fused-ring (bicyclic) bond motifs is 1. The Balaban J connectivity index is 1.46. The molecule has 138 valence electrons. The zero-order valence-corrected chi connectivity index (χ0v) is 15.0. The number of aromatic nitrogens is 3. The van der Waals surface area contributed by atoms with E-state index in [0.29, 0.717) is 12.8 Å². The van der Waals surface area contributed by atoms with Gasteiger partial charge >= 0.3 is 0 Å². The van der Waals surface area contributed by atoms with E-state index in [-0.39, 0.29) is 17.8 Å². The first kappa shape index (κ1) is 17.2. The number of nitrogens with zero attached hydrogens (tertiary/aromatic N) is 4. The molecule has 1 fully saturated rings. The summed E-state index contributed by atoms with van der Waals surface area (Å²) in [6, 6.07) is 6.54. The fourth-order valence-electron chi connectivity index (χ4n) is 4.18. The van der Waals surface area contributed by atoms with Gasteiger partial charge in [0.2, 0.25) is 5.91 Å². The number of benzene rings is 1. The average molecular weight is 356 g/mol. The number of carbonyl (C=O) groups excluding carboxylic acids is 1. The van der Waals surface area contributed by atoms with Gasteiger partial charge in [0.25, 0.3) is 0 Å². The molecule has 1 saturated heterocycles. The molecule has 0 saturated carbocycles. The second-order valence-electron chi connectivity index (χ2n) is 7.31. The highest BCUT2D eigenvalue weighted by Gasteiger charge is 2.34. The predicted octanol–water partition coefficient (Wildman–Crippen LogP) is 3.44. The molecule has 5 nitrogen and oxygen atoms in total. The monoisotopic (exact) mass is 356 g/mol. The number of likely N-dealkylation sites (tertiary alicyclic amines) is 1. The molecule has 3 heterocycles. The molecule has 0 aliphatic carbocycles. The highest BCUT2D eigenvalue weighted by atomic mass is 19.1. The molecule has 0 unspecified atom stereocenters. The Morgan fingerprint density at radius 1 is 1.15 bits per heavy atom. The zero-order chi connectivity index (χ0) is 17.9. The lowest BCUT2D eigenvalue weighted by Crippen LogP contribution is -2.32. The quantitative estimate of drug-likeness (QED) is 0.843. The van der Waals surface area contributed by atoms with E-state index in [9.17, 15) is 9.18 Å². The molecule has 6 heteroatoms. The first-order chi connectivity index (χ1) is 12.7. The summed E-state index contributed by atoms with van der Waals surface area (Å²) in [4.78, 5) is 14.8. The molecule has 4 rings (SSSR count). The fraction of sp³-hybridized carbons (Fsp3) is 0.550. The fourth-order valence-corrected chi connectivity index (χ4v) is 4.18. The standard InChI is InChI=1S/C20H25FN4O/c21-16-7-4-6-15(14-16)10-11-19(26)24-13-5-8-17(24)20-23-22-18-9-2-1-3-12-25(18)20/h4,6-7,14,17H,1-3,5,8-13H2/t17-/m1/s1. The minimum Gasteiger partial charge on any atom is -0.332 e. The Kier molecular flexibility index (Phi) is 5.00. The molecule has 1 amide bonds. The van der Waals surface area contributed by atoms with Crippen LogP contribution in [0.3, 0.4) is 0 Å². The van der Waals surface area contributed by atoms with E-state index in [0.717, 1.165) is 56.0 Å². The third-order valence-electron chi connectivity index (χ3n) is 5.53. The third kappa shape index (κ3) is 3.50. The lowest BCUT2D eigenvalue weighted by Gasteiger charge is -2.25. The first-order valence-electron chi connectivity index (χ1n) is 9.68. The van der Waals surface area contributed by atoms with E-state index >= 15 is 0 Å². The maximum Gasteiger partial charge on any atom is 0.223 e.